The molecule has 0 unspecified atom stereocenters. The first-order chi connectivity index (χ1) is 11.1. The molecule has 0 fully saturated rings. The monoisotopic (exact) mass is 307 g/mol. The Labute approximate surface area is 139 Å². The third-order valence-electron chi connectivity index (χ3n) is 3.85. The van der Waals surface area contributed by atoms with Gasteiger partial charge in [0, 0.05) is 6.54 Å². The Morgan fingerprint density at radius 1 is 0.957 bits per heavy atom. The number of allylic oxidation sites excluding steroid dienone is 1. The molecule has 0 bridgehead atoms. The van der Waals surface area contributed by atoms with Gasteiger partial charge in [0.1, 0.15) is 0 Å². The largest absolute Gasteiger partial charge is 0.328 e. The van der Waals surface area contributed by atoms with Crippen LogP contribution in [0.15, 0.2) is 72.8 Å². The van der Waals surface area contributed by atoms with Gasteiger partial charge in [-0.1, -0.05) is 80.6 Å². The van der Waals surface area contributed by atoms with Crippen molar-refractivity contribution in [1.29, 1.82) is 0 Å². The van der Waals surface area contributed by atoms with Gasteiger partial charge in [-0.15, -0.1) is 0 Å². The fourth-order valence-electron chi connectivity index (χ4n) is 2.47. The van der Waals surface area contributed by atoms with Gasteiger partial charge in [0.05, 0.1) is 6.04 Å². The molecule has 23 heavy (non-hydrogen) atoms. The van der Waals surface area contributed by atoms with E-state index in [1.54, 1.807) is 6.08 Å². The van der Waals surface area contributed by atoms with Gasteiger partial charge in [-0.2, -0.15) is 0 Å². The van der Waals surface area contributed by atoms with Crippen molar-refractivity contribution in [2.75, 3.05) is 0 Å². The summed E-state index contributed by atoms with van der Waals surface area (Å²) in [5.41, 5.74) is 2.29. The number of carbonyl (C=O) groups is 1. The number of hydrogen-bond acceptors (Lipinski definition) is 1. The number of amides is 1. The van der Waals surface area contributed by atoms with E-state index in [-0.39, 0.29) is 11.9 Å². The van der Waals surface area contributed by atoms with Gasteiger partial charge in [0.15, 0.2) is 0 Å². The van der Waals surface area contributed by atoms with Crippen molar-refractivity contribution >= 4 is 5.91 Å². The van der Waals surface area contributed by atoms with Crippen LogP contribution in [0.5, 0.6) is 0 Å². The highest BCUT2D eigenvalue weighted by Gasteiger charge is 2.19. The Morgan fingerprint density at radius 3 is 2.09 bits per heavy atom. The average molecular weight is 307 g/mol. The summed E-state index contributed by atoms with van der Waals surface area (Å²) in [6.07, 6.45) is 3.66. The van der Waals surface area contributed by atoms with E-state index in [0.29, 0.717) is 12.5 Å². The van der Waals surface area contributed by atoms with Crippen molar-refractivity contribution in [3.05, 3.63) is 83.9 Å². The summed E-state index contributed by atoms with van der Waals surface area (Å²) in [4.78, 5) is 14.6. The maximum absolute atomic E-state index is 12.7. The first-order valence-corrected chi connectivity index (χ1v) is 8.15. The summed E-state index contributed by atoms with van der Waals surface area (Å²) >= 11 is 0. The average Bonchev–Trinajstić information content (AvgIpc) is 2.58. The molecule has 2 rings (SSSR count). The number of carbonyl (C=O) groups excluding carboxylic acids is 1. The summed E-state index contributed by atoms with van der Waals surface area (Å²) in [5, 5.41) is 0. The summed E-state index contributed by atoms with van der Waals surface area (Å²) < 4.78 is 0. The second-order valence-electron chi connectivity index (χ2n) is 6.14. The fourth-order valence-corrected chi connectivity index (χ4v) is 2.47. The maximum atomic E-state index is 12.7. The van der Waals surface area contributed by atoms with E-state index in [1.807, 2.05) is 47.4 Å². The van der Waals surface area contributed by atoms with E-state index in [0.717, 1.165) is 11.1 Å². The van der Waals surface area contributed by atoms with Crippen LogP contribution in [0.25, 0.3) is 0 Å². The molecule has 0 aromatic heterocycles. The molecule has 0 saturated carbocycles. The molecule has 120 valence electrons. The summed E-state index contributed by atoms with van der Waals surface area (Å²) in [6.45, 7) is 6.84. The lowest BCUT2D eigenvalue weighted by atomic mass is 10.1. The normalized spacial score (nSPS) is 12.5. The third kappa shape index (κ3) is 5.10. The first kappa shape index (κ1) is 17.0. The molecule has 0 N–H and O–H groups in total. The lowest BCUT2D eigenvalue weighted by Gasteiger charge is -2.29. The van der Waals surface area contributed by atoms with Gasteiger partial charge in [0.25, 0.3) is 0 Å². The fraction of sp³-hybridized carbons (Fsp3) is 0.286. The van der Waals surface area contributed by atoms with E-state index in [1.165, 1.54) is 0 Å². The quantitative estimate of drug-likeness (QED) is 0.689. The van der Waals surface area contributed by atoms with E-state index >= 15 is 0 Å². The van der Waals surface area contributed by atoms with Gasteiger partial charge in [-0.25, -0.2) is 0 Å². The topological polar surface area (TPSA) is 20.3 Å². The van der Waals surface area contributed by atoms with Gasteiger partial charge in [0.2, 0.25) is 5.91 Å². The number of benzene rings is 2. The van der Waals surface area contributed by atoms with Crippen LogP contribution >= 0.6 is 0 Å². The van der Waals surface area contributed by atoms with Gasteiger partial charge >= 0.3 is 0 Å². The molecule has 0 saturated heterocycles. The molecule has 0 spiro atoms. The lowest BCUT2D eigenvalue weighted by molar-refractivity contribution is -0.128. The molecule has 0 heterocycles. The van der Waals surface area contributed by atoms with Crippen molar-refractivity contribution < 1.29 is 4.79 Å². The zero-order chi connectivity index (χ0) is 16.7. The Balaban J connectivity index is 2.25. The number of nitrogens with zero attached hydrogens (tertiary/aromatic N) is 1. The standard InChI is InChI=1S/C21H25NO/c1-17(2)14-15-21(23)22(16-19-10-6-4-7-11-19)18(3)20-12-8-5-9-13-20/h4-15,17-18H,16H2,1-3H3/b15-14+/t18-/m0/s1. The SMILES string of the molecule is CC(C)/C=C/C(=O)N(Cc1ccccc1)[C@@H](C)c1ccccc1. The molecule has 0 aliphatic heterocycles. The molecule has 1 amide bonds. The summed E-state index contributed by atoms with van der Waals surface area (Å²) in [5.74, 6) is 0.420. The highest BCUT2D eigenvalue weighted by atomic mass is 16.2. The second kappa shape index (κ2) is 8.33. The minimum atomic E-state index is 0.0284. The molecular weight excluding hydrogens is 282 g/mol. The van der Waals surface area contributed by atoms with Crippen molar-refractivity contribution in [2.45, 2.75) is 33.4 Å². The minimum Gasteiger partial charge on any atom is -0.328 e. The van der Waals surface area contributed by atoms with Gasteiger partial charge in [-0.05, 0) is 30.0 Å². The highest BCUT2D eigenvalue weighted by molar-refractivity contribution is 5.88. The van der Waals surface area contributed by atoms with Crippen molar-refractivity contribution in [3.8, 4) is 0 Å². The zero-order valence-electron chi connectivity index (χ0n) is 14.1. The van der Waals surface area contributed by atoms with E-state index < -0.39 is 0 Å². The Kier molecular flexibility index (Phi) is 6.16. The van der Waals surface area contributed by atoms with E-state index in [4.69, 9.17) is 0 Å². The molecular formula is C21H25NO. The Hall–Kier alpha value is -2.35. The summed E-state index contributed by atoms with van der Waals surface area (Å²) in [6, 6.07) is 20.3. The Morgan fingerprint density at radius 2 is 1.52 bits per heavy atom. The number of hydrogen-bond donors (Lipinski definition) is 0. The molecule has 2 aromatic carbocycles. The highest BCUT2D eigenvalue weighted by Crippen LogP contribution is 2.23. The lowest BCUT2D eigenvalue weighted by Crippen LogP contribution is -2.31. The molecule has 1 atom stereocenters. The summed E-state index contributed by atoms with van der Waals surface area (Å²) in [7, 11) is 0. The van der Waals surface area contributed by atoms with E-state index in [9.17, 15) is 4.79 Å². The van der Waals surface area contributed by atoms with Gasteiger partial charge < -0.3 is 4.90 Å². The van der Waals surface area contributed by atoms with Crippen LogP contribution in [0, 0.1) is 5.92 Å². The molecule has 0 aliphatic rings. The smallest absolute Gasteiger partial charge is 0.247 e. The van der Waals surface area contributed by atoms with Crippen molar-refractivity contribution in [3.63, 3.8) is 0 Å². The van der Waals surface area contributed by atoms with Crippen LogP contribution in [0.4, 0.5) is 0 Å². The second-order valence-corrected chi connectivity index (χ2v) is 6.14. The minimum absolute atomic E-state index is 0.0284. The molecule has 0 aliphatic carbocycles. The first-order valence-electron chi connectivity index (χ1n) is 8.15. The predicted octanol–water partition coefficient (Wildman–Crippen LogP) is 4.99. The molecule has 2 aromatic rings. The molecule has 2 nitrogen and oxygen atoms in total. The van der Waals surface area contributed by atoms with Crippen LogP contribution in [-0.2, 0) is 11.3 Å². The molecule has 2 heteroatoms. The van der Waals surface area contributed by atoms with Crippen molar-refractivity contribution in [2.24, 2.45) is 5.92 Å². The maximum Gasteiger partial charge on any atom is 0.247 e. The predicted molar refractivity (Wildman–Crippen MR) is 95.8 cm³/mol. The van der Waals surface area contributed by atoms with Crippen molar-refractivity contribution in [1.82, 2.24) is 4.90 Å². The van der Waals surface area contributed by atoms with Crippen LogP contribution in [0.3, 0.4) is 0 Å². The third-order valence-corrected chi connectivity index (χ3v) is 3.85. The van der Waals surface area contributed by atoms with Gasteiger partial charge in [-0.3, -0.25) is 4.79 Å². The van der Waals surface area contributed by atoms with Crippen LogP contribution in [-0.4, -0.2) is 10.8 Å². The van der Waals surface area contributed by atoms with Crippen LogP contribution in [0.1, 0.15) is 37.9 Å². The molecule has 0 radical (unpaired) electrons. The Bertz CT molecular complexity index is 631. The zero-order valence-corrected chi connectivity index (χ0v) is 14.1. The number of rotatable bonds is 6. The van der Waals surface area contributed by atoms with Crippen LogP contribution < -0.4 is 0 Å². The van der Waals surface area contributed by atoms with E-state index in [2.05, 4.69) is 45.0 Å². The van der Waals surface area contributed by atoms with Crippen LogP contribution in [0.2, 0.25) is 0 Å².